The molecule has 0 bridgehead atoms. The van der Waals surface area contributed by atoms with Gasteiger partial charge in [-0.3, -0.25) is 4.79 Å². The lowest BCUT2D eigenvalue weighted by atomic mass is 10.00. The van der Waals surface area contributed by atoms with E-state index in [1.807, 2.05) is 68.5 Å². The average molecular weight is 298 g/mol. The highest BCUT2D eigenvalue weighted by Gasteiger charge is 2.20. The minimum absolute atomic E-state index is 0.187. The van der Waals surface area contributed by atoms with E-state index >= 15 is 0 Å². The maximum absolute atomic E-state index is 12.0. The fraction of sp³-hybridized carbons (Fsp3) is 0.278. The monoisotopic (exact) mass is 298 g/mol. The Bertz CT molecular complexity index is 642. The van der Waals surface area contributed by atoms with E-state index in [0.717, 1.165) is 28.3 Å². The van der Waals surface area contributed by atoms with Crippen LogP contribution in [0.15, 0.2) is 48.5 Å². The molecule has 2 aromatic carbocycles. The standard InChI is InChI=1S/C18H22O2Si/c1-4-7-18(19)16-10-5-8-14(12-16)15-9-6-11-17(13-15)21(2,3)20/h5-6,8-13,20H,4,7H2,1-3H3. The molecule has 2 nitrogen and oxygen atoms in total. The van der Waals surface area contributed by atoms with Crippen LogP contribution in [0.25, 0.3) is 11.1 Å². The lowest BCUT2D eigenvalue weighted by Crippen LogP contribution is -2.41. The highest BCUT2D eigenvalue weighted by atomic mass is 28.4. The van der Waals surface area contributed by atoms with E-state index in [2.05, 4.69) is 0 Å². The minimum Gasteiger partial charge on any atom is -0.428 e. The van der Waals surface area contributed by atoms with Crippen LogP contribution in [0, 0.1) is 0 Å². The molecular weight excluding hydrogens is 276 g/mol. The van der Waals surface area contributed by atoms with Crippen LogP contribution in [0.5, 0.6) is 0 Å². The minimum atomic E-state index is -2.31. The molecule has 0 atom stereocenters. The Hall–Kier alpha value is -1.71. The highest BCUT2D eigenvalue weighted by Crippen LogP contribution is 2.21. The summed E-state index contributed by atoms with van der Waals surface area (Å²) in [5, 5.41) is 1.00. The Balaban J connectivity index is 2.39. The number of rotatable bonds is 5. The van der Waals surface area contributed by atoms with Crippen molar-refractivity contribution in [1.82, 2.24) is 0 Å². The molecule has 21 heavy (non-hydrogen) atoms. The van der Waals surface area contributed by atoms with E-state index in [1.165, 1.54) is 0 Å². The zero-order chi connectivity index (χ0) is 15.5. The summed E-state index contributed by atoms with van der Waals surface area (Å²) in [6.07, 6.45) is 1.45. The van der Waals surface area contributed by atoms with Gasteiger partial charge in [-0.1, -0.05) is 49.4 Å². The van der Waals surface area contributed by atoms with Crippen molar-refractivity contribution < 1.29 is 9.59 Å². The van der Waals surface area contributed by atoms with Gasteiger partial charge in [0.05, 0.1) is 0 Å². The van der Waals surface area contributed by atoms with Crippen LogP contribution < -0.4 is 5.19 Å². The second-order valence-corrected chi connectivity index (χ2v) is 9.59. The maximum Gasteiger partial charge on any atom is 0.213 e. The molecule has 0 fully saturated rings. The Morgan fingerprint density at radius 3 is 2.29 bits per heavy atom. The molecule has 0 radical (unpaired) electrons. The molecule has 3 heteroatoms. The Morgan fingerprint density at radius 2 is 1.67 bits per heavy atom. The Kier molecular flexibility index (Phi) is 4.75. The van der Waals surface area contributed by atoms with Gasteiger partial charge in [0.15, 0.2) is 5.78 Å². The largest absolute Gasteiger partial charge is 0.428 e. The van der Waals surface area contributed by atoms with Crippen molar-refractivity contribution in [3.05, 3.63) is 54.1 Å². The van der Waals surface area contributed by atoms with Gasteiger partial charge in [0, 0.05) is 12.0 Å². The molecular formula is C18H22O2Si. The SMILES string of the molecule is CCCC(=O)c1cccc(-c2cccc([Si](C)(C)O)c2)c1. The molecule has 0 aliphatic rings. The summed E-state index contributed by atoms with van der Waals surface area (Å²) in [6.45, 7) is 5.83. The van der Waals surface area contributed by atoms with Crippen molar-refractivity contribution in [2.24, 2.45) is 0 Å². The highest BCUT2D eigenvalue weighted by molar-refractivity contribution is 6.83. The van der Waals surface area contributed by atoms with Gasteiger partial charge in [-0.2, -0.15) is 0 Å². The molecule has 110 valence electrons. The van der Waals surface area contributed by atoms with Crippen molar-refractivity contribution in [2.45, 2.75) is 32.9 Å². The van der Waals surface area contributed by atoms with Crippen LogP contribution in [0.2, 0.25) is 13.1 Å². The molecule has 0 aromatic heterocycles. The van der Waals surface area contributed by atoms with Crippen molar-refractivity contribution >= 4 is 19.3 Å². The number of ketones is 1. The van der Waals surface area contributed by atoms with E-state index in [0.29, 0.717) is 6.42 Å². The van der Waals surface area contributed by atoms with Crippen molar-refractivity contribution in [3.63, 3.8) is 0 Å². The van der Waals surface area contributed by atoms with Gasteiger partial charge in [-0.15, -0.1) is 0 Å². The predicted octanol–water partition coefficient (Wildman–Crippen LogP) is 3.74. The van der Waals surface area contributed by atoms with Crippen LogP contribution >= 0.6 is 0 Å². The van der Waals surface area contributed by atoms with Crippen LogP contribution in [0.1, 0.15) is 30.1 Å². The lowest BCUT2D eigenvalue weighted by molar-refractivity contribution is 0.0982. The zero-order valence-corrected chi connectivity index (χ0v) is 13.9. The first-order chi connectivity index (χ1) is 9.91. The molecule has 0 aliphatic carbocycles. The molecule has 0 aliphatic heterocycles. The molecule has 2 aromatic rings. The van der Waals surface area contributed by atoms with Gasteiger partial charge in [0.1, 0.15) is 0 Å². The topological polar surface area (TPSA) is 37.3 Å². The lowest BCUT2D eigenvalue weighted by Gasteiger charge is -2.15. The Morgan fingerprint density at radius 1 is 1.05 bits per heavy atom. The van der Waals surface area contributed by atoms with E-state index in [-0.39, 0.29) is 5.78 Å². The number of Topliss-reactive ketones (excluding diaryl/α,β-unsaturated/α-hetero) is 1. The molecule has 0 spiro atoms. The number of hydrogen-bond acceptors (Lipinski definition) is 2. The number of benzene rings is 2. The summed E-state index contributed by atoms with van der Waals surface area (Å²) < 4.78 is 0. The summed E-state index contributed by atoms with van der Waals surface area (Å²) in [4.78, 5) is 22.3. The van der Waals surface area contributed by atoms with Crippen LogP contribution in [-0.2, 0) is 0 Å². The molecule has 0 amide bonds. The second kappa shape index (κ2) is 6.37. The van der Waals surface area contributed by atoms with Crippen molar-refractivity contribution in [1.29, 1.82) is 0 Å². The van der Waals surface area contributed by atoms with Crippen LogP contribution in [0.3, 0.4) is 0 Å². The van der Waals surface area contributed by atoms with Gasteiger partial charge in [-0.05, 0) is 41.9 Å². The predicted molar refractivity (Wildman–Crippen MR) is 90.5 cm³/mol. The van der Waals surface area contributed by atoms with Gasteiger partial charge < -0.3 is 4.80 Å². The van der Waals surface area contributed by atoms with Crippen LogP contribution in [-0.4, -0.2) is 18.9 Å². The number of hydrogen-bond donors (Lipinski definition) is 1. The first kappa shape index (κ1) is 15.7. The third-order valence-electron chi connectivity index (χ3n) is 3.56. The van der Waals surface area contributed by atoms with Crippen molar-refractivity contribution in [2.75, 3.05) is 0 Å². The van der Waals surface area contributed by atoms with E-state index < -0.39 is 8.32 Å². The number of carbonyl (C=O) groups excluding carboxylic acids is 1. The third kappa shape index (κ3) is 3.90. The average Bonchev–Trinajstić information content (AvgIpc) is 2.47. The van der Waals surface area contributed by atoms with Gasteiger partial charge in [-0.25, -0.2) is 0 Å². The molecule has 0 saturated carbocycles. The van der Waals surface area contributed by atoms with E-state index in [9.17, 15) is 9.59 Å². The maximum atomic E-state index is 12.0. The molecule has 1 N–H and O–H groups in total. The fourth-order valence-electron chi connectivity index (χ4n) is 2.32. The Labute approximate surface area is 127 Å². The normalized spacial score (nSPS) is 11.4. The summed E-state index contributed by atoms with van der Waals surface area (Å²) in [7, 11) is -2.31. The fourth-order valence-corrected chi connectivity index (χ4v) is 3.34. The van der Waals surface area contributed by atoms with Gasteiger partial charge in [0.25, 0.3) is 0 Å². The molecule has 0 saturated heterocycles. The smallest absolute Gasteiger partial charge is 0.213 e. The molecule has 2 rings (SSSR count). The number of carbonyl (C=O) groups is 1. The molecule has 0 unspecified atom stereocenters. The summed E-state index contributed by atoms with van der Waals surface area (Å²) in [5.41, 5.74) is 2.84. The first-order valence-electron chi connectivity index (χ1n) is 7.38. The van der Waals surface area contributed by atoms with E-state index in [1.54, 1.807) is 0 Å². The second-order valence-electron chi connectivity index (χ2n) is 5.89. The molecule has 0 heterocycles. The quantitative estimate of drug-likeness (QED) is 0.674. The van der Waals surface area contributed by atoms with Gasteiger partial charge in [0.2, 0.25) is 8.32 Å². The van der Waals surface area contributed by atoms with E-state index in [4.69, 9.17) is 0 Å². The third-order valence-corrected chi connectivity index (χ3v) is 5.29. The van der Waals surface area contributed by atoms with Crippen molar-refractivity contribution in [3.8, 4) is 11.1 Å². The first-order valence-corrected chi connectivity index (χ1v) is 10.3. The zero-order valence-electron chi connectivity index (χ0n) is 12.9. The van der Waals surface area contributed by atoms with Gasteiger partial charge >= 0.3 is 0 Å². The summed E-state index contributed by atoms with van der Waals surface area (Å²) in [6, 6.07) is 15.7. The summed E-state index contributed by atoms with van der Waals surface area (Å²) >= 11 is 0. The summed E-state index contributed by atoms with van der Waals surface area (Å²) in [5.74, 6) is 0.187. The van der Waals surface area contributed by atoms with Crippen LogP contribution in [0.4, 0.5) is 0 Å².